The molecular formula is C8H14F2O. The molecule has 0 bridgehead atoms. The second kappa shape index (κ2) is 3.05. The molecule has 3 heteroatoms. The van der Waals surface area contributed by atoms with Crippen LogP contribution in [-0.4, -0.2) is 18.6 Å². The van der Waals surface area contributed by atoms with Crippen LogP contribution < -0.4 is 0 Å². The standard InChI is InChI=1S/C8H14F2O/c1-6(2)11-5-7-3-8(9,10)4-7/h6-7H,3-5H2,1-2H3. The summed E-state index contributed by atoms with van der Waals surface area (Å²) in [5.74, 6) is -2.31. The van der Waals surface area contributed by atoms with Crippen molar-refractivity contribution in [1.82, 2.24) is 0 Å². The molecule has 1 rings (SSSR count). The van der Waals surface area contributed by atoms with Crippen molar-refractivity contribution in [3.63, 3.8) is 0 Å². The quantitative estimate of drug-likeness (QED) is 0.622. The van der Waals surface area contributed by atoms with E-state index in [1.54, 1.807) is 0 Å². The average molecular weight is 164 g/mol. The molecule has 0 aromatic heterocycles. The second-order valence-electron chi connectivity index (χ2n) is 3.51. The predicted octanol–water partition coefficient (Wildman–Crippen LogP) is 2.46. The summed E-state index contributed by atoms with van der Waals surface area (Å²) in [4.78, 5) is 0. The van der Waals surface area contributed by atoms with Gasteiger partial charge < -0.3 is 4.74 Å². The van der Waals surface area contributed by atoms with Gasteiger partial charge >= 0.3 is 0 Å². The zero-order valence-corrected chi connectivity index (χ0v) is 6.94. The monoisotopic (exact) mass is 164 g/mol. The smallest absolute Gasteiger partial charge is 0.248 e. The summed E-state index contributed by atoms with van der Waals surface area (Å²) in [5.41, 5.74) is 0. The molecule has 0 aromatic rings. The fourth-order valence-corrected chi connectivity index (χ4v) is 1.23. The molecule has 0 atom stereocenters. The molecule has 0 spiro atoms. The van der Waals surface area contributed by atoms with Crippen LogP contribution in [0.3, 0.4) is 0 Å². The predicted molar refractivity (Wildman–Crippen MR) is 38.8 cm³/mol. The summed E-state index contributed by atoms with van der Waals surface area (Å²) in [6.45, 7) is 4.32. The molecule has 0 amide bonds. The van der Waals surface area contributed by atoms with Crippen LogP contribution in [0.2, 0.25) is 0 Å². The molecule has 0 saturated heterocycles. The molecule has 0 aromatic carbocycles. The van der Waals surface area contributed by atoms with E-state index in [-0.39, 0.29) is 24.9 Å². The third-order valence-electron chi connectivity index (χ3n) is 1.84. The summed E-state index contributed by atoms with van der Waals surface area (Å²) in [6, 6.07) is 0. The topological polar surface area (TPSA) is 9.23 Å². The van der Waals surface area contributed by atoms with Gasteiger partial charge in [0, 0.05) is 12.8 Å². The number of ether oxygens (including phenoxy) is 1. The first-order valence-electron chi connectivity index (χ1n) is 3.99. The van der Waals surface area contributed by atoms with Crippen molar-refractivity contribution in [2.24, 2.45) is 5.92 Å². The third kappa shape index (κ3) is 2.73. The summed E-state index contributed by atoms with van der Waals surface area (Å²) in [5, 5.41) is 0. The lowest BCUT2D eigenvalue weighted by molar-refractivity contribution is -0.132. The van der Waals surface area contributed by atoms with Crippen LogP contribution in [0.15, 0.2) is 0 Å². The van der Waals surface area contributed by atoms with Crippen molar-refractivity contribution in [1.29, 1.82) is 0 Å². The maximum Gasteiger partial charge on any atom is 0.248 e. The lowest BCUT2D eigenvalue weighted by Crippen LogP contribution is -2.38. The number of hydrogen-bond donors (Lipinski definition) is 0. The summed E-state index contributed by atoms with van der Waals surface area (Å²) >= 11 is 0. The van der Waals surface area contributed by atoms with Crippen molar-refractivity contribution in [2.45, 2.75) is 38.7 Å². The van der Waals surface area contributed by atoms with E-state index >= 15 is 0 Å². The fourth-order valence-electron chi connectivity index (χ4n) is 1.23. The highest BCUT2D eigenvalue weighted by Crippen LogP contribution is 2.42. The van der Waals surface area contributed by atoms with Crippen molar-refractivity contribution in [2.75, 3.05) is 6.61 Å². The van der Waals surface area contributed by atoms with Crippen molar-refractivity contribution in [3.05, 3.63) is 0 Å². The Morgan fingerprint density at radius 3 is 2.36 bits per heavy atom. The molecule has 66 valence electrons. The minimum atomic E-state index is -2.40. The van der Waals surface area contributed by atoms with Crippen LogP contribution in [-0.2, 0) is 4.74 Å². The minimum absolute atomic E-state index is 0.0136. The zero-order valence-electron chi connectivity index (χ0n) is 6.94. The molecule has 1 aliphatic rings. The van der Waals surface area contributed by atoms with E-state index in [4.69, 9.17) is 4.74 Å². The molecule has 1 fully saturated rings. The van der Waals surface area contributed by atoms with Gasteiger partial charge in [-0.1, -0.05) is 0 Å². The SMILES string of the molecule is CC(C)OCC1CC(F)(F)C1. The Morgan fingerprint density at radius 2 is 2.00 bits per heavy atom. The Labute approximate surface area is 65.7 Å². The van der Waals surface area contributed by atoms with Gasteiger partial charge in [0.1, 0.15) is 0 Å². The van der Waals surface area contributed by atoms with E-state index in [2.05, 4.69) is 0 Å². The van der Waals surface area contributed by atoms with Crippen LogP contribution in [0.4, 0.5) is 8.78 Å². The van der Waals surface area contributed by atoms with Gasteiger partial charge in [0.2, 0.25) is 5.92 Å². The van der Waals surface area contributed by atoms with Crippen LogP contribution in [0, 0.1) is 5.92 Å². The van der Waals surface area contributed by atoms with Gasteiger partial charge in [-0.15, -0.1) is 0 Å². The van der Waals surface area contributed by atoms with Gasteiger partial charge in [-0.25, -0.2) is 8.78 Å². The maximum absolute atomic E-state index is 12.3. The van der Waals surface area contributed by atoms with Gasteiger partial charge in [-0.2, -0.15) is 0 Å². The van der Waals surface area contributed by atoms with Crippen molar-refractivity contribution in [3.8, 4) is 0 Å². The normalized spacial score (nSPS) is 23.7. The van der Waals surface area contributed by atoms with Crippen molar-refractivity contribution < 1.29 is 13.5 Å². The van der Waals surface area contributed by atoms with Crippen LogP contribution in [0.25, 0.3) is 0 Å². The van der Waals surface area contributed by atoms with Gasteiger partial charge in [-0.05, 0) is 19.8 Å². The number of halogens is 2. The molecule has 0 radical (unpaired) electrons. The first-order valence-corrected chi connectivity index (χ1v) is 3.99. The van der Waals surface area contributed by atoms with E-state index in [0.717, 1.165) is 0 Å². The summed E-state index contributed by atoms with van der Waals surface area (Å²) < 4.78 is 29.7. The Kier molecular flexibility index (Phi) is 2.47. The Hall–Kier alpha value is -0.180. The lowest BCUT2D eigenvalue weighted by Gasteiger charge is -2.34. The first kappa shape index (κ1) is 8.91. The van der Waals surface area contributed by atoms with E-state index in [1.165, 1.54) is 0 Å². The Balaban J connectivity index is 2.05. The molecular weight excluding hydrogens is 150 g/mol. The fraction of sp³-hybridized carbons (Fsp3) is 1.00. The van der Waals surface area contributed by atoms with Gasteiger partial charge in [0.05, 0.1) is 12.7 Å². The van der Waals surface area contributed by atoms with Crippen LogP contribution in [0.1, 0.15) is 26.7 Å². The molecule has 11 heavy (non-hydrogen) atoms. The highest BCUT2D eigenvalue weighted by Gasteiger charge is 2.45. The van der Waals surface area contributed by atoms with E-state index < -0.39 is 5.92 Å². The second-order valence-corrected chi connectivity index (χ2v) is 3.51. The number of alkyl halides is 2. The molecule has 0 heterocycles. The summed E-state index contributed by atoms with van der Waals surface area (Å²) in [6.07, 6.45) is 0.184. The lowest BCUT2D eigenvalue weighted by atomic mass is 9.82. The average Bonchev–Trinajstić information content (AvgIpc) is 1.78. The third-order valence-corrected chi connectivity index (χ3v) is 1.84. The Morgan fingerprint density at radius 1 is 1.45 bits per heavy atom. The first-order chi connectivity index (χ1) is 4.99. The van der Waals surface area contributed by atoms with Crippen LogP contribution in [0.5, 0.6) is 0 Å². The van der Waals surface area contributed by atoms with Gasteiger partial charge in [-0.3, -0.25) is 0 Å². The maximum atomic E-state index is 12.3. The minimum Gasteiger partial charge on any atom is -0.379 e. The van der Waals surface area contributed by atoms with Gasteiger partial charge in [0.15, 0.2) is 0 Å². The van der Waals surface area contributed by atoms with E-state index in [0.29, 0.717) is 6.61 Å². The molecule has 1 nitrogen and oxygen atoms in total. The van der Waals surface area contributed by atoms with Crippen molar-refractivity contribution >= 4 is 0 Å². The molecule has 0 aliphatic heterocycles. The van der Waals surface area contributed by atoms with E-state index in [1.807, 2.05) is 13.8 Å². The largest absolute Gasteiger partial charge is 0.379 e. The van der Waals surface area contributed by atoms with E-state index in [9.17, 15) is 8.78 Å². The number of hydrogen-bond acceptors (Lipinski definition) is 1. The molecule has 1 aliphatic carbocycles. The Bertz CT molecular complexity index is 126. The molecule has 0 unspecified atom stereocenters. The highest BCUT2D eigenvalue weighted by molar-refractivity contribution is 4.85. The highest BCUT2D eigenvalue weighted by atomic mass is 19.3. The summed E-state index contributed by atoms with van der Waals surface area (Å²) in [7, 11) is 0. The molecule has 1 saturated carbocycles. The molecule has 0 N–H and O–H groups in total. The van der Waals surface area contributed by atoms with Crippen LogP contribution >= 0.6 is 0 Å². The zero-order chi connectivity index (χ0) is 8.48. The van der Waals surface area contributed by atoms with Gasteiger partial charge in [0.25, 0.3) is 0 Å². The number of rotatable bonds is 3.